The summed E-state index contributed by atoms with van der Waals surface area (Å²) in [5.74, 6) is -0.192. The number of anilines is 1. The van der Waals surface area contributed by atoms with Gasteiger partial charge in [0.1, 0.15) is 10.5 Å². The van der Waals surface area contributed by atoms with Gasteiger partial charge in [0.2, 0.25) is 0 Å². The van der Waals surface area contributed by atoms with Crippen molar-refractivity contribution in [1.29, 1.82) is 0 Å². The number of carbonyl (C=O) groups is 1. The summed E-state index contributed by atoms with van der Waals surface area (Å²) in [5, 5.41) is 1.32. The minimum atomic E-state index is -0.192. The first-order chi connectivity index (χ1) is 16.5. The standard InChI is InChI=1S/C28H22N2O3S/c1-18-27(34-19(2)29-18)28(32)30(16-22-17-33-25-11-7-6-10-24(25)26(22)31)23-14-12-21(13-15-23)20-8-4-3-5-9-20/h3-15,17H,16H2,1-2H3. The lowest BCUT2D eigenvalue weighted by atomic mass is 10.0. The molecule has 5 aromatic rings. The van der Waals surface area contributed by atoms with Crippen molar-refractivity contribution in [2.75, 3.05) is 4.90 Å². The molecule has 6 heteroatoms. The van der Waals surface area contributed by atoms with E-state index in [0.29, 0.717) is 32.8 Å². The third-order valence-corrected chi connectivity index (χ3v) is 6.77. The molecule has 0 saturated carbocycles. The second-order valence-corrected chi connectivity index (χ2v) is 9.24. The molecule has 2 aromatic heterocycles. The van der Waals surface area contributed by atoms with Crippen molar-refractivity contribution >= 4 is 33.9 Å². The van der Waals surface area contributed by atoms with Crippen molar-refractivity contribution in [2.24, 2.45) is 0 Å². The molecule has 0 saturated heterocycles. The fraction of sp³-hybridized carbons (Fsp3) is 0.107. The van der Waals surface area contributed by atoms with Crippen molar-refractivity contribution in [3.8, 4) is 11.1 Å². The van der Waals surface area contributed by atoms with Crippen LogP contribution in [-0.2, 0) is 6.54 Å². The van der Waals surface area contributed by atoms with E-state index in [9.17, 15) is 9.59 Å². The van der Waals surface area contributed by atoms with E-state index in [0.717, 1.165) is 16.1 Å². The Labute approximate surface area is 200 Å². The van der Waals surface area contributed by atoms with Gasteiger partial charge in [-0.1, -0.05) is 54.6 Å². The van der Waals surface area contributed by atoms with Gasteiger partial charge in [-0.15, -0.1) is 11.3 Å². The van der Waals surface area contributed by atoms with Crippen molar-refractivity contribution in [3.63, 3.8) is 0 Å². The molecule has 3 aromatic carbocycles. The van der Waals surface area contributed by atoms with Crippen molar-refractivity contribution in [2.45, 2.75) is 20.4 Å². The molecule has 0 fully saturated rings. The van der Waals surface area contributed by atoms with Crippen molar-refractivity contribution in [1.82, 2.24) is 4.98 Å². The summed E-state index contributed by atoms with van der Waals surface area (Å²) >= 11 is 1.36. The van der Waals surface area contributed by atoms with Crippen LogP contribution < -0.4 is 10.3 Å². The Kier molecular flexibility index (Phi) is 5.82. The highest BCUT2D eigenvalue weighted by Gasteiger charge is 2.24. The largest absolute Gasteiger partial charge is 0.464 e. The van der Waals surface area contributed by atoms with Crippen LogP contribution in [0.15, 0.2) is 94.3 Å². The normalized spacial score (nSPS) is 11.0. The minimum Gasteiger partial charge on any atom is -0.464 e. The number of para-hydroxylation sites is 1. The Morgan fingerprint density at radius 1 is 0.912 bits per heavy atom. The van der Waals surface area contributed by atoms with Gasteiger partial charge in [-0.3, -0.25) is 9.59 Å². The topological polar surface area (TPSA) is 63.4 Å². The molecule has 0 spiro atoms. The lowest BCUT2D eigenvalue weighted by molar-refractivity contribution is 0.0988. The summed E-state index contributed by atoms with van der Waals surface area (Å²) in [6.45, 7) is 3.80. The number of amides is 1. The molecule has 0 bridgehead atoms. The van der Waals surface area contributed by atoms with E-state index in [1.165, 1.54) is 17.6 Å². The van der Waals surface area contributed by atoms with Crippen LogP contribution >= 0.6 is 11.3 Å². The zero-order chi connectivity index (χ0) is 23.7. The van der Waals surface area contributed by atoms with Gasteiger partial charge in [0.15, 0.2) is 5.43 Å². The molecule has 0 N–H and O–H groups in total. The molecule has 0 aliphatic heterocycles. The number of hydrogen-bond donors (Lipinski definition) is 0. The zero-order valence-electron chi connectivity index (χ0n) is 18.8. The molecule has 0 radical (unpaired) electrons. The van der Waals surface area contributed by atoms with E-state index in [4.69, 9.17) is 4.42 Å². The van der Waals surface area contributed by atoms with Crippen molar-refractivity contribution in [3.05, 3.63) is 116 Å². The predicted molar refractivity (Wildman–Crippen MR) is 136 cm³/mol. The van der Waals surface area contributed by atoms with Crippen molar-refractivity contribution < 1.29 is 9.21 Å². The number of carbonyl (C=O) groups excluding carboxylic acids is 1. The first kappa shape index (κ1) is 21.8. The Bertz CT molecular complexity index is 1540. The maximum absolute atomic E-state index is 13.7. The van der Waals surface area contributed by atoms with E-state index >= 15 is 0 Å². The lowest BCUT2D eigenvalue weighted by Crippen LogP contribution is -2.32. The molecule has 0 unspecified atom stereocenters. The van der Waals surface area contributed by atoms with Crippen LogP contribution in [0.25, 0.3) is 22.1 Å². The highest BCUT2D eigenvalue weighted by atomic mass is 32.1. The highest BCUT2D eigenvalue weighted by Crippen LogP contribution is 2.28. The van der Waals surface area contributed by atoms with E-state index in [1.807, 2.05) is 74.5 Å². The summed E-state index contributed by atoms with van der Waals surface area (Å²) in [5.41, 5.74) is 4.32. The molecule has 0 atom stereocenters. The number of benzene rings is 3. The summed E-state index contributed by atoms with van der Waals surface area (Å²) in [7, 11) is 0. The van der Waals surface area contributed by atoms with Gasteiger partial charge in [0.25, 0.3) is 5.91 Å². The lowest BCUT2D eigenvalue weighted by Gasteiger charge is -2.23. The number of aryl methyl sites for hydroxylation is 2. The van der Waals surface area contributed by atoms with E-state index in [-0.39, 0.29) is 17.9 Å². The number of nitrogens with zero attached hydrogens (tertiary/aromatic N) is 2. The number of rotatable bonds is 5. The van der Waals surface area contributed by atoms with Gasteiger partial charge < -0.3 is 9.32 Å². The monoisotopic (exact) mass is 466 g/mol. The van der Waals surface area contributed by atoms with Gasteiger partial charge in [-0.2, -0.15) is 0 Å². The van der Waals surface area contributed by atoms with Gasteiger partial charge in [-0.25, -0.2) is 4.98 Å². The maximum atomic E-state index is 13.7. The first-order valence-electron chi connectivity index (χ1n) is 10.9. The van der Waals surface area contributed by atoms with Gasteiger partial charge in [0.05, 0.1) is 34.5 Å². The van der Waals surface area contributed by atoms with Crippen LogP contribution in [0.4, 0.5) is 5.69 Å². The summed E-state index contributed by atoms with van der Waals surface area (Å²) in [4.78, 5) is 33.4. The number of hydrogen-bond acceptors (Lipinski definition) is 5. The number of aromatic nitrogens is 1. The molecule has 5 nitrogen and oxygen atoms in total. The van der Waals surface area contributed by atoms with Crippen LogP contribution in [-0.4, -0.2) is 10.9 Å². The summed E-state index contributed by atoms with van der Waals surface area (Å²) in [6, 6.07) is 25.0. The molecule has 34 heavy (non-hydrogen) atoms. The minimum absolute atomic E-state index is 0.0903. The van der Waals surface area contributed by atoms with Crippen LogP contribution in [0.5, 0.6) is 0 Å². The average molecular weight is 467 g/mol. The number of thiazole rings is 1. The summed E-state index contributed by atoms with van der Waals surface area (Å²) < 4.78 is 5.70. The van der Waals surface area contributed by atoms with Gasteiger partial charge >= 0.3 is 0 Å². The second-order valence-electron chi connectivity index (χ2n) is 8.04. The van der Waals surface area contributed by atoms with Gasteiger partial charge in [-0.05, 0) is 49.2 Å². The third kappa shape index (κ3) is 4.16. The fourth-order valence-corrected chi connectivity index (χ4v) is 4.86. The number of fused-ring (bicyclic) bond motifs is 1. The van der Waals surface area contributed by atoms with Crippen LogP contribution in [0, 0.1) is 13.8 Å². The predicted octanol–water partition coefficient (Wildman–Crippen LogP) is 6.38. The smallest absolute Gasteiger partial charge is 0.270 e. The van der Waals surface area contributed by atoms with E-state index < -0.39 is 0 Å². The highest BCUT2D eigenvalue weighted by molar-refractivity contribution is 7.13. The quantitative estimate of drug-likeness (QED) is 0.301. The van der Waals surface area contributed by atoms with Crippen LogP contribution in [0.1, 0.15) is 25.9 Å². The third-order valence-electron chi connectivity index (χ3n) is 5.71. The Morgan fingerprint density at radius 2 is 1.59 bits per heavy atom. The molecular formula is C28H22N2O3S. The summed E-state index contributed by atoms with van der Waals surface area (Å²) in [6.07, 6.45) is 1.45. The molecule has 5 rings (SSSR count). The molecule has 0 aliphatic rings. The van der Waals surface area contributed by atoms with E-state index in [2.05, 4.69) is 4.98 Å². The van der Waals surface area contributed by atoms with E-state index in [1.54, 1.807) is 23.1 Å². The first-order valence-corrected chi connectivity index (χ1v) is 11.7. The Balaban J connectivity index is 1.57. The molecule has 2 heterocycles. The maximum Gasteiger partial charge on any atom is 0.270 e. The zero-order valence-corrected chi connectivity index (χ0v) is 19.6. The molecule has 0 aliphatic carbocycles. The fourth-order valence-electron chi connectivity index (χ4n) is 3.99. The Morgan fingerprint density at radius 3 is 2.29 bits per heavy atom. The Hall–Kier alpha value is -4.03. The molecular weight excluding hydrogens is 444 g/mol. The SMILES string of the molecule is Cc1nc(C)c(C(=O)N(Cc2coc3ccccc3c2=O)c2ccc(-c3ccccc3)cc2)s1. The second kappa shape index (κ2) is 9.08. The molecule has 1 amide bonds. The molecule has 168 valence electrons. The van der Waals surface area contributed by atoms with Crippen LogP contribution in [0.2, 0.25) is 0 Å². The van der Waals surface area contributed by atoms with Crippen LogP contribution in [0.3, 0.4) is 0 Å². The van der Waals surface area contributed by atoms with Gasteiger partial charge in [0, 0.05) is 5.69 Å². The average Bonchev–Trinajstić information content (AvgIpc) is 3.22.